The average Bonchev–Trinajstić information content (AvgIpc) is 2.48. The van der Waals surface area contributed by atoms with E-state index >= 15 is 0 Å². The lowest BCUT2D eigenvalue weighted by Crippen LogP contribution is -2.21. The number of nitrogens with zero attached hydrogens (tertiary/aromatic N) is 1. The van der Waals surface area contributed by atoms with Crippen LogP contribution in [-0.4, -0.2) is 17.6 Å². The van der Waals surface area contributed by atoms with Crippen LogP contribution in [0.5, 0.6) is 0 Å². The highest BCUT2D eigenvalue weighted by molar-refractivity contribution is 6.30. The van der Waals surface area contributed by atoms with E-state index in [0.717, 1.165) is 5.56 Å². The van der Waals surface area contributed by atoms with Crippen LogP contribution < -0.4 is 5.56 Å². The van der Waals surface area contributed by atoms with Gasteiger partial charge in [-0.25, -0.2) is 4.79 Å². The van der Waals surface area contributed by atoms with Gasteiger partial charge in [-0.1, -0.05) is 23.7 Å². The third-order valence-electron chi connectivity index (χ3n) is 2.89. The number of aromatic nitrogens is 1. The van der Waals surface area contributed by atoms with Crippen LogP contribution in [0, 0.1) is 0 Å². The fourth-order valence-electron chi connectivity index (χ4n) is 1.86. The van der Waals surface area contributed by atoms with E-state index < -0.39 is 5.97 Å². The van der Waals surface area contributed by atoms with Crippen molar-refractivity contribution in [3.8, 4) is 0 Å². The molecule has 0 radical (unpaired) electrons. The lowest BCUT2D eigenvalue weighted by molar-refractivity contribution is -0.134. The molecule has 0 spiro atoms. The Bertz CT molecular complexity index is 734. The maximum absolute atomic E-state index is 12.3. The molecule has 1 aromatic heterocycles. The van der Waals surface area contributed by atoms with Gasteiger partial charge in [0.25, 0.3) is 5.56 Å². The van der Waals surface area contributed by atoms with Gasteiger partial charge in [0.1, 0.15) is 0 Å². The van der Waals surface area contributed by atoms with Crippen LogP contribution in [0.15, 0.2) is 53.5 Å². The first kappa shape index (κ1) is 15.1. The molecule has 0 aliphatic rings. The topological polar surface area (TPSA) is 48.3 Å². The van der Waals surface area contributed by atoms with Crippen LogP contribution in [0.1, 0.15) is 11.1 Å². The van der Waals surface area contributed by atoms with Gasteiger partial charge in [0, 0.05) is 22.9 Å². The van der Waals surface area contributed by atoms with E-state index in [9.17, 15) is 9.59 Å². The second-order valence-electron chi connectivity index (χ2n) is 4.38. The summed E-state index contributed by atoms with van der Waals surface area (Å²) in [6.07, 6.45) is 4.36. The standard InChI is InChI=1S/C16H14ClNO3/c1-21-15(19)8-7-13-5-3-9-18(16(13)20)11-12-4-2-6-14(17)10-12/h2-10H,11H2,1H3/b8-7+. The molecule has 1 heterocycles. The number of carbonyl (C=O) groups excluding carboxylic acids is 1. The van der Waals surface area contributed by atoms with Gasteiger partial charge in [-0.3, -0.25) is 4.79 Å². The van der Waals surface area contributed by atoms with E-state index in [1.807, 2.05) is 18.2 Å². The first-order chi connectivity index (χ1) is 10.1. The zero-order chi connectivity index (χ0) is 15.2. The number of ether oxygens (including phenoxy) is 1. The molecule has 0 amide bonds. The first-order valence-electron chi connectivity index (χ1n) is 6.30. The number of esters is 1. The number of rotatable bonds is 4. The van der Waals surface area contributed by atoms with Crippen molar-refractivity contribution in [2.45, 2.75) is 6.54 Å². The van der Waals surface area contributed by atoms with Crippen molar-refractivity contribution in [3.63, 3.8) is 0 Å². The molecule has 0 unspecified atom stereocenters. The van der Waals surface area contributed by atoms with Crippen LogP contribution >= 0.6 is 11.6 Å². The van der Waals surface area contributed by atoms with Crippen LogP contribution in [0.4, 0.5) is 0 Å². The minimum atomic E-state index is -0.500. The third-order valence-corrected chi connectivity index (χ3v) is 3.13. The normalized spacial score (nSPS) is 10.8. The van der Waals surface area contributed by atoms with Crippen molar-refractivity contribution in [1.29, 1.82) is 0 Å². The molecule has 4 nitrogen and oxygen atoms in total. The Morgan fingerprint density at radius 3 is 2.86 bits per heavy atom. The molecule has 0 fully saturated rings. The maximum Gasteiger partial charge on any atom is 0.330 e. The summed E-state index contributed by atoms with van der Waals surface area (Å²) in [5.74, 6) is -0.500. The highest BCUT2D eigenvalue weighted by Crippen LogP contribution is 2.11. The predicted octanol–water partition coefficient (Wildman–Crippen LogP) is 2.74. The molecule has 0 bridgehead atoms. The molecule has 0 aliphatic heterocycles. The van der Waals surface area contributed by atoms with Crippen molar-refractivity contribution >= 4 is 23.6 Å². The number of carbonyl (C=O) groups is 1. The molecular formula is C16H14ClNO3. The lowest BCUT2D eigenvalue weighted by atomic mass is 10.2. The molecule has 5 heteroatoms. The van der Waals surface area contributed by atoms with Crippen molar-refractivity contribution in [2.75, 3.05) is 7.11 Å². The summed E-state index contributed by atoms with van der Waals surface area (Å²) in [6.45, 7) is 0.416. The van der Waals surface area contributed by atoms with E-state index in [-0.39, 0.29) is 5.56 Å². The molecule has 2 aromatic rings. The highest BCUT2D eigenvalue weighted by Gasteiger charge is 2.03. The number of hydrogen-bond donors (Lipinski definition) is 0. The van der Waals surface area contributed by atoms with Gasteiger partial charge in [0.05, 0.1) is 13.7 Å². The molecule has 0 atom stereocenters. The van der Waals surface area contributed by atoms with Gasteiger partial charge in [-0.2, -0.15) is 0 Å². The molecule has 108 valence electrons. The van der Waals surface area contributed by atoms with E-state index in [4.69, 9.17) is 11.6 Å². The Hall–Kier alpha value is -2.33. The zero-order valence-electron chi connectivity index (χ0n) is 11.5. The summed E-state index contributed by atoms with van der Waals surface area (Å²) in [5, 5.41) is 0.627. The fourth-order valence-corrected chi connectivity index (χ4v) is 2.08. The summed E-state index contributed by atoms with van der Waals surface area (Å²) >= 11 is 5.93. The zero-order valence-corrected chi connectivity index (χ0v) is 12.2. The number of hydrogen-bond acceptors (Lipinski definition) is 3. The second-order valence-corrected chi connectivity index (χ2v) is 4.82. The van der Waals surface area contributed by atoms with Crippen LogP contribution in [-0.2, 0) is 16.1 Å². The third kappa shape index (κ3) is 4.07. The number of pyridine rings is 1. The molecule has 0 N–H and O–H groups in total. The van der Waals surface area contributed by atoms with Crippen LogP contribution in [0.3, 0.4) is 0 Å². The van der Waals surface area contributed by atoms with Crippen molar-refractivity contribution in [3.05, 3.63) is 75.2 Å². The Labute approximate surface area is 127 Å². The van der Waals surface area contributed by atoms with E-state index in [2.05, 4.69) is 4.74 Å². The van der Waals surface area contributed by atoms with Gasteiger partial charge >= 0.3 is 5.97 Å². The van der Waals surface area contributed by atoms with Crippen LogP contribution in [0.25, 0.3) is 6.08 Å². The quantitative estimate of drug-likeness (QED) is 0.644. The fraction of sp³-hybridized carbons (Fsp3) is 0.125. The Morgan fingerprint density at radius 2 is 2.14 bits per heavy atom. The minimum Gasteiger partial charge on any atom is -0.466 e. The molecule has 0 saturated carbocycles. The summed E-state index contributed by atoms with van der Waals surface area (Å²) in [6, 6.07) is 10.7. The van der Waals surface area contributed by atoms with Crippen molar-refractivity contribution < 1.29 is 9.53 Å². The molecule has 0 saturated heterocycles. The predicted molar refractivity (Wildman–Crippen MR) is 82.3 cm³/mol. The minimum absolute atomic E-state index is 0.183. The molecule has 1 aromatic carbocycles. The summed E-state index contributed by atoms with van der Waals surface area (Å²) in [7, 11) is 1.29. The average molecular weight is 304 g/mol. The molecule has 0 aliphatic carbocycles. The second kappa shape index (κ2) is 6.90. The number of halogens is 1. The monoisotopic (exact) mass is 303 g/mol. The van der Waals surface area contributed by atoms with Gasteiger partial charge in [-0.15, -0.1) is 0 Å². The van der Waals surface area contributed by atoms with Gasteiger partial charge in [0.15, 0.2) is 0 Å². The molecule has 21 heavy (non-hydrogen) atoms. The molecular weight excluding hydrogens is 290 g/mol. The smallest absolute Gasteiger partial charge is 0.330 e. The van der Waals surface area contributed by atoms with Gasteiger partial charge in [0.2, 0.25) is 0 Å². The Kier molecular flexibility index (Phi) is 4.95. The maximum atomic E-state index is 12.3. The summed E-state index contributed by atoms with van der Waals surface area (Å²) in [5.41, 5.74) is 1.17. The first-order valence-corrected chi connectivity index (χ1v) is 6.68. The largest absolute Gasteiger partial charge is 0.466 e. The van der Waals surface area contributed by atoms with E-state index in [0.29, 0.717) is 17.1 Å². The van der Waals surface area contributed by atoms with E-state index in [1.165, 1.54) is 19.3 Å². The molecule has 2 rings (SSSR count). The highest BCUT2D eigenvalue weighted by atomic mass is 35.5. The van der Waals surface area contributed by atoms with Gasteiger partial charge < -0.3 is 9.30 Å². The van der Waals surface area contributed by atoms with Gasteiger partial charge in [-0.05, 0) is 35.9 Å². The van der Waals surface area contributed by atoms with Crippen molar-refractivity contribution in [1.82, 2.24) is 4.57 Å². The van der Waals surface area contributed by atoms with Crippen molar-refractivity contribution in [2.24, 2.45) is 0 Å². The Balaban J connectivity index is 2.28. The van der Waals surface area contributed by atoms with E-state index in [1.54, 1.807) is 29.0 Å². The summed E-state index contributed by atoms with van der Waals surface area (Å²) in [4.78, 5) is 23.4. The number of methoxy groups -OCH3 is 1. The summed E-state index contributed by atoms with van der Waals surface area (Å²) < 4.78 is 6.06. The number of benzene rings is 1. The van der Waals surface area contributed by atoms with Crippen LogP contribution in [0.2, 0.25) is 5.02 Å². The lowest BCUT2D eigenvalue weighted by Gasteiger charge is -2.07. The Morgan fingerprint density at radius 1 is 1.33 bits per heavy atom. The SMILES string of the molecule is COC(=O)/C=C/c1cccn(Cc2cccc(Cl)c2)c1=O.